The summed E-state index contributed by atoms with van der Waals surface area (Å²) in [5.74, 6) is 1.04. The van der Waals surface area contributed by atoms with Crippen LogP contribution in [0.3, 0.4) is 0 Å². The molecule has 1 saturated carbocycles. The van der Waals surface area contributed by atoms with Crippen molar-refractivity contribution in [2.45, 2.75) is 45.0 Å². The summed E-state index contributed by atoms with van der Waals surface area (Å²) in [6.07, 6.45) is 4.44. The zero-order chi connectivity index (χ0) is 15.5. The molecule has 3 nitrogen and oxygen atoms in total. The van der Waals surface area contributed by atoms with Crippen LogP contribution < -0.4 is 4.74 Å². The van der Waals surface area contributed by atoms with E-state index in [4.69, 9.17) is 9.16 Å². The summed E-state index contributed by atoms with van der Waals surface area (Å²) in [5.41, 5.74) is 1.85. The van der Waals surface area contributed by atoms with Crippen molar-refractivity contribution in [3.05, 3.63) is 35.4 Å². The standard InChI is InChI=1S/C17H24O3Si/c1-19-14-10-8-13(9-11-14)12-15-16(18)6-5-7-17(15)20-21(2,3)4/h8-12,17H,5-7H2,1-4H3/b15-12+. The molecule has 0 heterocycles. The van der Waals surface area contributed by atoms with E-state index in [-0.39, 0.29) is 11.9 Å². The fraction of sp³-hybridized carbons (Fsp3) is 0.471. The van der Waals surface area contributed by atoms with Crippen LogP contribution in [0.25, 0.3) is 6.08 Å². The van der Waals surface area contributed by atoms with E-state index in [2.05, 4.69) is 19.6 Å². The maximum atomic E-state index is 12.3. The van der Waals surface area contributed by atoms with Gasteiger partial charge in [0.25, 0.3) is 0 Å². The molecule has 1 aromatic carbocycles. The van der Waals surface area contributed by atoms with Gasteiger partial charge in [0.05, 0.1) is 13.2 Å². The van der Waals surface area contributed by atoms with Crippen molar-refractivity contribution < 1.29 is 14.0 Å². The van der Waals surface area contributed by atoms with Crippen molar-refractivity contribution in [3.8, 4) is 5.75 Å². The predicted octanol–water partition coefficient (Wildman–Crippen LogP) is 4.05. The van der Waals surface area contributed by atoms with E-state index in [0.29, 0.717) is 6.42 Å². The van der Waals surface area contributed by atoms with Gasteiger partial charge in [-0.25, -0.2) is 0 Å². The van der Waals surface area contributed by atoms with Crippen LogP contribution in [0.5, 0.6) is 5.75 Å². The molecule has 0 aliphatic heterocycles. The van der Waals surface area contributed by atoms with E-state index in [1.54, 1.807) is 7.11 Å². The minimum Gasteiger partial charge on any atom is -0.497 e. The molecule has 0 N–H and O–H groups in total. The van der Waals surface area contributed by atoms with Crippen molar-refractivity contribution in [3.63, 3.8) is 0 Å². The van der Waals surface area contributed by atoms with Gasteiger partial charge in [0, 0.05) is 12.0 Å². The Bertz CT molecular complexity index is 526. The van der Waals surface area contributed by atoms with E-state index in [1.807, 2.05) is 30.3 Å². The first-order valence-corrected chi connectivity index (χ1v) is 10.9. The zero-order valence-corrected chi connectivity index (χ0v) is 14.3. The predicted molar refractivity (Wildman–Crippen MR) is 88.0 cm³/mol. The Kier molecular flexibility index (Phi) is 5.01. The second kappa shape index (κ2) is 6.58. The molecule has 0 saturated heterocycles. The Morgan fingerprint density at radius 2 is 1.86 bits per heavy atom. The van der Waals surface area contributed by atoms with Gasteiger partial charge in [-0.1, -0.05) is 12.1 Å². The highest BCUT2D eigenvalue weighted by atomic mass is 28.4. The number of methoxy groups -OCH3 is 1. The summed E-state index contributed by atoms with van der Waals surface area (Å²) in [4.78, 5) is 12.3. The molecule has 1 fully saturated rings. The summed E-state index contributed by atoms with van der Waals surface area (Å²) in [6, 6.07) is 7.76. The van der Waals surface area contributed by atoms with Gasteiger partial charge in [-0.05, 0) is 56.3 Å². The first-order valence-electron chi connectivity index (χ1n) is 7.46. The van der Waals surface area contributed by atoms with E-state index in [1.165, 1.54) is 0 Å². The minimum atomic E-state index is -1.66. The van der Waals surface area contributed by atoms with E-state index < -0.39 is 8.32 Å². The minimum absolute atomic E-state index is 0.0416. The molecule has 1 aliphatic rings. The Balaban J connectivity index is 2.25. The van der Waals surface area contributed by atoms with Gasteiger partial charge in [0.1, 0.15) is 5.75 Å². The van der Waals surface area contributed by atoms with E-state index in [9.17, 15) is 4.79 Å². The topological polar surface area (TPSA) is 35.5 Å². The third kappa shape index (κ3) is 4.54. The number of ketones is 1. The number of hydrogen-bond acceptors (Lipinski definition) is 3. The van der Waals surface area contributed by atoms with Gasteiger partial charge in [0.2, 0.25) is 0 Å². The van der Waals surface area contributed by atoms with Crippen molar-refractivity contribution in [1.29, 1.82) is 0 Å². The normalized spacial score (nSPS) is 21.6. The lowest BCUT2D eigenvalue weighted by atomic mass is 9.89. The maximum Gasteiger partial charge on any atom is 0.184 e. The van der Waals surface area contributed by atoms with E-state index >= 15 is 0 Å². The molecule has 1 aliphatic carbocycles. The third-order valence-corrected chi connectivity index (χ3v) is 4.46. The number of Topliss-reactive ketones (excluding diaryl/α,β-unsaturated/α-hetero) is 1. The van der Waals surface area contributed by atoms with Crippen LogP contribution in [0.15, 0.2) is 29.8 Å². The van der Waals surface area contributed by atoms with Crippen LogP contribution in [0.4, 0.5) is 0 Å². The molecule has 1 unspecified atom stereocenters. The molecular weight excluding hydrogens is 280 g/mol. The van der Waals surface area contributed by atoms with E-state index in [0.717, 1.165) is 29.7 Å². The van der Waals surface area contributed by atoms with Crippen LogP contribution in [-0.2, 0) is 9.22 Å². The Hall–Kier alpha value is -1.39. The Morgan fingerprint density at radius 1 is 1.19 bits per heavy atom. The molecule has 0 spiro atoms. The van der Waals surface area contributed by atoms with Gasteiger partial charge in [-0.3, -0.25) is 4.79 Å². The average Bonchev–Trinajstić information content (AvgIpc) is 2.42. The van der Waals surface area contributed by atoms with Crippen molar-refractivity contribution in [2.75, 3.05) is 7.11 Å². The lowest BCUT2D eigenvalue weighted by molar-refractivity contribution is -0.117. The molecule has 1 aromatic rings. The molecule has 21 heavy (non-hydrogen) atoms. The second-order valence-electron chi connectivity index (χ2n) is 6.41. The highest BCUT2D eigenvalue weighted by Gasteiger charge is 2.30. The maximum absolute atomic E-state index is 12.3. The van der Waals surface area contributed by atoms with Crippen LogP contribution in [0.1, 0.15) is 24.8 Å². The van der Waals surface area contributed by atoms with Gasteiger partial charge in [0.15, 0.2) is 14.1 Å². The SMILES string of the molecule is COc1ccc(/C=C2\C(=O)CCCC2O[Si](C)(C)C)cc1. The lowest BCUT2D eigenvalue weighted by Crippen LogP contribution is -2.36. The number of carbonyl (C=O) groups excluding carboxylic acids is 1. The summed E-state index contributed by atoms with van der Waals surface area (Å²) < 4.78 is 11.4. The molecule has 2 rings (SSSR count). The Morgan fingerprint density at radius 3 is 2.43 bits per heavy atom. The molecule has 0 radical (unpaired) electrons. The summed E-state index contributed by atoms with van der Waals surface area (Å²) in [7, 11) is -0.0122. The first kappa shape index (κ1) is 16.0. The fourth-order valence-electron chi connectivity index (χ4n) is 2.53. The number of hydrogen-bond donors (Lipinski definition) is 0. The van der Waals surface area contributed by atoms with Crippen molar-refractivity contribution in [1.82, 2.24) is 0 Å². The number of ether oxygens (including phenoxy) is 1. The largest absolute Gasteiger partial charge is 0.497 e. The summed E-state index contributed by atoms with van der Waals surface area (Å²) in [5, 5.41) is 0. The highest BCUT2D eigenvalue weighted by molar-refractivity contribution is 6.69. The molecule has 0 amide bonds. The third-order valence-electron chi connectivity index (χ3n) is 3.47. The van der Waals surface area contributed by atoms with Crippen molar-refractivity contribution in [2.24, 2.45) is 0 Å². The Labute approximate surface area is 128 Å². The van der Waals surface area contributed by atoms with Crippen molar-refractivity contribution >= 4 is 20.2 Å². The summed E-state index contributed by atoms with van der Waals surface area (Å²) >= 11 is 0. The molecule has 0 aromatic heterocycles. The number of carbonyl (C=O) groups is 1. The molecule has 114 valence electrons. The quantitative estimate of drug-likeness (QED) is 0.622. The second-order valence-corrected chi connectivity index (χ2v) is 10.9. The van der Waals surface area contributed by atoms with Gasteiger partial charge in [-0.2, -0.15) is 0 Å². The zero-order valence-electron chi connectivity index (χ0n) is 13.3. The number of benzene rings is 1. The molecular formula is C17H24O3Si. The smallest absolute Gasteiger partial charge is 0.184 e. The lowest BCUT2D eigenvalue weighted by Gasteiger charge is -2.30. The first-order chi connectivity index (χ1) is 9.89. The van der Waals surface area contributed by atoms with Crippen LogP contribution in [-0.4, -0.2) is 27.3 Å². The fourth-order valence-corrected chi connectivity index (χ4v) is 3.63. The van der Waals surface area contributed by atoms with Gasteiger partial charge < -0.3 is 9.16 Å². The van der Waals surface area contributed by atoms with Crippen LogP contribution in [0, 0.1) is 0 Å². The summed E-state index contributed by atoms with van der Waals surface area (Å²) in [6.45, 7) is 6.49. The molecule has 4 heteroatoms. The monoisotopic (exact) mass is 304 g/mol. The van der Waals surface area contributed by atoms with Gasteiger partial charge >= 0.3 is 0 Å². The average molecular weight is 304 g/mol. The van der Waals surface area contributed by atoms with Crippen LogP contribution >= 0.6 is 0 Å². The molecule has 1 atom stereocenters. The van der Waals surface area contributed by atoms with Crippen LogP contribution in [0.2, 0.25) is 19.6 Å². The highest BCUT2D eigenvalue weighted by Crippen LogP contribution is 2.28. The number of rotatable bonds is 4. The molecule has 0 bridgehead atoms. The van der Waals surface area contributed by atoms with Gasteiger partial charge in [-0.15, -0.1) is 0 Å².